The fourth-order valence-electron chi connectivity index (χ4n) is 1.61. The van der Waals surface area contributed by atoms with Gasteiger partial charge in [-0.15, -0.1) is 0 Å². The van der Waals surface area contributed by atoms with Crippen LogP contribution in [-0.4, -0.2) is 35.4 Å². The third kappa shape index (κ3) is 6.47. The van der Waals surface area contributed by atoms with E-state index < -0.39 is 12.0 Å². The number of carbonyl (C=O) groups is 1. The summed E-state index contributed by atoms with van der Waals surface area (Å²) in [6.07, 6.45) is 2.41. The molecule has 0 saturated heterocycles. The summed E-state index contributed by atoms with van der Waals surface area (Å²) in [4.78, 5) is 10.8. The molecule has 0 saturated carbocycles. The molecular weight excluding hydrogens is 194 g/mol. The highest BCUT2D eigenvalue weighted by atomic mass is 16.4. The van der Waals surface area contributed by atoms with Crippen LogP contribution in [0.1, 0.15) is 40.0 Å². The van der Waals surface area contributed by atoms with E-state index in [0.29, 0.717) is 6.54 Å². The molecule has 90 valence electrons. The predicted octanol–water partition coefficient (Wildman–Crippen LogP) is 1.24. The fourth-order valence-corrected chi connectivity index (χ4v) is 1.61. The van der Waals surface area contributed by atoms with Crippen molar-refractivity contribution in [2.75, 3.05) is 13.2 Å². The van der Waals surface area contributed by atoms with Crippen molar-refractivity contribution >= 4 is 5.97 Å². The summed E-state index contributed by atoms with van der Waals surface area (Å²) in [7, 11) is 0. The molecule has 4 nitrogen and oxygen atoms in total. The van der Waals surface area contributed by atoms with Crippen LogP contribution in [0.4, 0.5) is 0 Å². The van der Waals surface area contributed by atoms with E-state index in [1.165, 1.54) is 0 Å². The molecule has 1 atom stereocenters. The topological polar surface area (TPSA) is 69.6 Å². The van der Waals surface area contributed by atoms with Gasteiger partial charge in [0.2, 0.25) is 0 Å². The summed E-state index contributed by atoms with van der Waals surface area (Å²) in [5.41, 5.74) is 0.109. The monoisotopic (exact) mass is 217 g/mol. The van der Waals surface area contributed by atoms with Crippen molar-refractivity contribution in [2.24, 2.45) is 5.41 Å². The second-order valence-electron chi connectivity index (χ2n) is 4.70. The van der Waals surface area contributed by atoms with Gasteiger partial charge in [0.1, 0.15) is 6.04 Å². The first-order valence-electron chi connectivity index (χ1n) is 5.50. The van der Waals surface area contributed by atoms with Crippen molar-refractivity contribution in [2.45, 2.75) is 46.1 Å². The quantitative estimate of drug-likeness (QED) is 0.572. The maximum Gasteiger partial charge on any atom is 0.320 e. The number of carboxylic acids is 1. The lowest BCUT2D eigenvalue weighted by Crippen LogP contribution is -2.42. The molecule has 15 heavy (non-hydrogen) atoms. The third-order valence-corrected chi connectivity index (χ3v) is 2.47. The zero-order valence-corrected chi connectivity index (χ0v) is 9.92. The van der Waals surface area contributed by atoms with Gasteiger partial charge in [-0.3, -0.25) is 4.79 Å². The van der Waals surface area contributed by atoms with Crippen molar-refractivity contribution in [1.82, 2.24) is 5.32 Å². The van der Waals surface area contributed by atoms with Gasteiger partial charge < -0.3 is 15.5 Å². The zero-order chi connectivity index (χ0) is 11.9. The van der Waals surface area contributed by atoms with Gasteiger partial charge in [-0.25, -0.2) is 0 Å². The molecule has 0 aromatic carbocycles. The Morgan fingerprint density at radius 1 is 1.47 bits per heavy atom. The molecule has 0 aliphatic carbocycles. The van der Waals surface area contributed by atoms with Crippen LogP contribution in [0, 0.1) is 5.41 Å². The summed E-state index contributed by atoms with van der Waals surface area (Å²) in [6.45, 7) is 6.91. The molecule has 0 spiro atoms. The first-order chi connectivity index (χ1) is 6.93. The molecular formula is C11H23NO3. The number of aliphatic hydroxyl groups is 1. The van der Waals surface area contributed by atoms with Crippen LogP contribution < -0.4 is 5.32 Å². The fraction of sp³-hybridized carbons (Fsp3) is 0.909. The Balaban J connectivity index is 4.03. The number of aliphatic carboxylic acids is 1. The average Bonchev–Trinajstić information content (AvgIpc) is 2.11. The Bertz CT molecular complexity index is 192. The first-order valence-corrected chi connectivity index (χ1v) is 5.50. The molecule has 0 aliphatic rings. The lowest BCUT2D eigenvalue weighted by Gasteiger charge is -2.26. The van der Waals surface area contributed by atoms with Gasteiger partial charge in [0.15, 0.2) is 0 Å². The van der Waals surface area contributed by atoms with E-state index in [1.807, 2.05) is 0 Å². The van der Waals surface area contributed by atoms with Crippen LogP contribution in [0.5, 0.6) is 0 Å². The Labute approximate surface area is 91.7 Å². The van der Waals surface area contributed by atoms with Crippen molar-refractivity contribution in [1.29, 1.82) is 0 Å². The van der Waals surface area contributed by atoms with Crippen LogP contribution in [0.25, 0.3) is 0 Å². The second kappa shape index (κ2) is 6.80. The number of carboxylic acid groups (broad SMARTS) is 1. The molecule has 0 radical (unpaired) electrons. The maximum atomic E-state index is 10.8. The van der Waals surface area contributed by atoms with Crippen LogP contribution in [0.15, 0.2) is 0 Å². The predicted molar refractivity (Wildman–Crippen MR) is 59.8 cm³/mol. The van der Waals surface area contributed by atoms with Gasteiger partial charge in [-0.2, -0.15) is 0 Å². The molecule has 0 heterocycles. The number of nitrogens with one attached hydrogen (secondary N) is 1. The normalized spacial score (nSPS) is 13.9. The molecule has 4 heteroatoms. The number of hydrogen-bond acceptors (Lipinski definition) is 3. The average molecular weight is 217 g/mol. The molecule has 0 aromatic rings. The van der Waals surface area contributed by atoms with E-state index in [-0.39, 0.29) is 18.4 Å². The van der Waals surface area contributed by atoms with Crippen molar-refractivity contribution in [3.8, 4) is 0 Å². The minimum Gasteiger partial charge on any atom is -0.480 e. The summed E-state index contributed by atoms with van der Waals surface area (Å²) < 4.78 is 0. The van der Waals surface area contributed by atoms with E-state index >= 15 is 0 Å². The van der Waals surface area contributed by atoms with Crippen LogP contribution in [-0.2, 0) is 4.79 Å². The number of hydrogen-bond donors (Lipinski definition) is 3. The summed E-state index contributed by atoms with van der Waals surface area (Å²) in [5, 5.41) is 20.6. The molecule has 0 bridgehead atoms. The number of aliphatic hydroxyl groups excluding tert-OH is 1. The highest BCUT2D eigenvalue weighted by molar-refractivity contribution is 5.73. The molecule has 0 rings (SSSR count). The molecule has 0 aliphatic heterocycles. The van der Waals surface area contributed by atoms with E-state index in [9.17, 15) is 4.79 Å². The lowest BCUT2D eigenvalue weighted by atomic mass is 9.88. The second-order valence-corrected chi connectivity index (χ2v) is 4.70. The Kier molecular flexibility index (Phi) is 6.52. The lowest BCUT2D eigenvalue weighted by molar-refractivity contribution is -0.140. The highest BCUT2D eigenvalue weighted by Gasteiger charge is 2.21. The molecule has 0 aromatic heterocycles. The van der Waals surface area contributed by atoms with E-state index in [4.69, 9.17) is 10.2 Å². The van der Waals surface area contributed by atoms with Gasteiger partial charge in [0.05, 0.1) is 0 Å². The number of rotatable bonds is 8. The van der Waals surface area contributed by atoms with Crippen LogP contribution in [0.2, 0.25) is 0 Å². The van der Waals surface area contributed by atoms with Crippen molar-refractivity contribution in [3.05, 3.63) is 0 Å². The Hall–Kier alpha value is -0.610. The van der Waals surface area contributed by atoms with Gasteiger partial charge in [-0.05, 0) is 18.3 Å². The Morgan fingerprint density at radius 3 is 2.47 bits per heavy atom. The molecule has 3 N–H and O–H groups in total. The standard InChI is InChI=1S/C11H23NO3/c1-4-6-11(2,3)8-12-9(5-7-13)10(14)15/h9,12-13H,4-8H2,1-3H3,(H,14,15)/t9-/m0/s1. The minimum absolute atomic E-state index is 0.0990. The molecule has 0 fully saturated rings. The zero-order valence-electron chi connectivity index (χ0n) is 9.92. The van der Waals surface area contributed by atoms with E-state index in [1.54, 1.807) is 0 Å². The van der Waals surface area contributed by atoms with Gasteiger partial charge in [-0.1, -0.05) is 27.2 Å². The third-order valence-electron chi connectivity index (χ3n) is 2.47. The van der Waals surface area contributed by atoms with Gasteiger partial charge in [0, 0.05) is 13.2 Å². The van der Waals surface area contributed by atoms with Gasteiger partial charge >= 0.3 is 5.97 Å². The highest BCUT2D eigenvalue weighted by Crippen LogP contribution is 2.20. The first kappa shape index (κ1) is 14.4. The molecule has 0 amide bonds. The summed E-state index contributed by atoms with van der Waals surface area (Å²) in [5.74, 6) is -0.892. The van der Waals surface area contributed by atoms with Crippen molar-refractivity contribution in [3.63, 3.8) is 0 Å². The van der Waals surface area contributed by atoms with Crippen LogP contribution in [0.3, 0.4) is 0 Å². The van der Waals surface area contributed by atoms with Crippen LogP contribution >= 0.6 is 0 Å². The minimum atomic E-state index is -0.892. The van der Waals surface area contributed by atoms with E-state index in [2.05, 4.69) is 26.1 Å². The maximum absolute atomic E-state index is 10.8. The summed E-state index contributed by atoms with van der Waals surface area (Å²) >= 11 is 0. The smallest absolute Gasteiger partial charge is 0.320 e. The van der Waals surface area contributed by atoms with Gasteiger partial charge in [0.25, 0.3) is 0 Å². The molecule has 0 unspecified atom stereocenters. The van der Waals surface area contributed by atoms with Crippen molar-refractivity contribution < 1.29 is 15.0 Å². The SMILES string of the molecule is CCCC(C)(C)CN[C@@H](CCO)C(=O)O. The van der Waals surface area contributed by atoms with E-state index in [0.717, 1.165) is 12.8 Å². The Morgan fingerprint density at radius 2 is 2.07 bits per heavy atom. The largest absolute Gasteiger partial charge is 0.480 e. The summed E-state index contributed by atoms with van der Waals surface area (Å²) in [6, 6.07) is -0.633.